The summed E-state index contributed by atoms with van der Waals surface area (Å²) in [5.41, 5.74) is 2.20. The van der Waals surface area contributed by atoms with E-state index >= 15 is 0 Å². The largest absolute Gasteiger partial charge is 0.385 e. The molecule has 1 saturated heterocycles. The Kier molecular flexibility index (Phi) is 8.40. The number of amides is 3. The summed E-state index contributed by atoms with van der Waals surface area (Å²) in [6, 6.07) is 9.81. The molecular formula is C22H26Cl2N4O3. The zero-order chi connectivity index (χ0) is 22.2. The van der Waals surface area contributed by atoms with Crippen LogP contribution in [0.4, 0.5) is 21.9 Å². The lowest BCUT2D eigenvalue weighted by atomic mass is 10.1. The average Bonchev–Trinajstić information content (AvgIpc) is 3.28. The van der Waals surface area contributed by atoms with Gasteiger partial charge in [0.1, 0.15) is 0 Å². The van der Waals surface area contributed by atoms with E-state index in [-0.39, 0.29) is 5.91 Å². The highest BCUT2D eigenvalue weighted by molar-refractivity contribution is 6.39. The van der Waals surface area contributed by atoms with E-state index in [1.54, 1.807) is 37.4 Å². The summed E-state index contributed by atoms with van der Waals surface area (Å²) in [5.74, 6) is -0.184. The molecule has 0 unspecified atom stereocenters. The Labute approximate surface area is 192 Å². The van der Waals surface area contributed by atoms with Crippen LogP contribution in [0.1, 0.15) is 29.6 Å². The first-order chi connectivity index (χ1) is 15.0. The van der Waals surface area contributed by atoms with Crippen LogP contribution in [0, 0.1) is 0 Å². The van der Waals surface area contributed by atoms with Crippen LogP contribution in [0.3, 0.4) is 0 Å². The van der Waals surface area contributed by atoms with Crippen LogP contribution >= 0.6 is 23.2 Å². The number of rotatable bonds is 8. The Morgan fingerprint density at radius 2 is 1.77 bits per heavy atom. The van der Waals surface area contributed by atoms with Crippen LogP contribution in [-0.2, 0) is 4.74 Å². The van der Waals surface area contributed by atoms with Crippen LogP contribution in [0.2, 0.25) is 10.0 Å². The molecule has 2 aromatic carbocycles. The highest BCUT2D eigenvalue weighted by Crippen LogP contribution is 2.31. The number of para-hydroxylation sites is 1. The number of nitrogens with one attached hydrogen (secondary N) is 3. The van der Waals surface area contributed by atoms with Gasteiger partial charge >= 0.3 is 6.03 Å². The van der Waals surface area contributed by atoms with Gasteiger partial charge in [-0.05, 0) is 49.6 Å². The quantitative estimate of drug-likeness (QED) is 0.479. The molecule has 1 aliphatic heterocycles. The van der Waals surface area contributed by atoms with E-state index in [2.05, 4.69) is 20.9 Å². The summed E-state index contributed by atoms with van der Waals surface area (Å²) < 4.78 is 5.03. The van der Waals surface area contributed by atoms with Gasteiger partial charge in [0.05, 0.1) is 21.3 Å². The van der Waals surface area contributed by atoms with E-state index in [1.165, 1.54) is 0 Å². The Balaban J connectivity index is 1.76. The number of ether oxygens (including phenoxy) is 1. The van der Waals surface area contributed by atoms with Gasteiger partial charge in [-0.25, -0.2) is 4.79 Å². The third-order valence-electron chi connectivity index (χ3n) is 4.96. The van der Waals surface area contributed by atoms with Gasteiger partial charge < -0.3 is 25.6 Å². The molecule has 3 rings (SSSR count). The zero-order valence-corrected chi connectivity index (χ0v) is 18.9. The number of urea groups is 1. The van der Waals surface area contributed by atoms with Gasteiger partial charge in [0.15, 0.2) is 0 Å². The normalized spacial score (nSPS) is 13.2. The minimum atomic E-state index is -0.504. The van der Waals surface area contributed by atoms with Crippen molar-refractivity contribution in [1.82, 2.24) is 5.32 Å². The van der Waals surface area contributed by atoms with Crippen molar-refractivity contribution in [2.45, 2.75) is 19.3 Å². The lowest BCUT2D eigenvalue weighted by Crippen LogP contribution is -2.29. The maximum Gasteiger partial charge on any atom is 0.323 e. The van der Waals surface area contributed by atoms with Gasteiger partial charge in [-0.3, -0.25) is 4.79 Å². The van der Waals surface area contributed by atoms with Crippen molar-refractivity contribution in [2.75, 3.05) is 48.9 Å². The van der Waals surface area contributed by atoms with Crippen LogP contribution in [-0.4, -0.2) is 45.3 Å². The molecule has 2 aromatic rings. The molecule has 3 amide bonds. The Hall–Kier alpha value is -2.48. The van der Waals surface area contributed by atoms with E-state index in [4.69, 9.17) is 27.9 Å². The maximum absolute atomic E-state index is 12.9. The fraction of sp³-hybridized carbons (Fsp3) is 0.364. The summed E-state index contributed by atoms with van der Waals surface area (Å²) in [4.78, 5) is 27.5. The minimum absolute atomic E-state index is 0.184. The third-order valence-corrected chi connectivity index (χ3v) is 5.59. The lowest BCUT2D eigenvalue weighted by Gasteiger charge is -2.22. The SMILES string of the molecule is COCCCNC(=O)c1cc(NC(=O)Nc2c(Cl)cccc2Cl)ccc1N1CCCC1. The maximum atomic E-state index is 12.9. The molecule has 0 radical (unpaired) electrons. The minimum Gasteiger partial charge on any atom is -0.385 e. The first-order valence-corrected chi connectivity index (χ1v) is 10.9. The fourth-order valence-electron chi connectivity index (χ4n) is 3.44. The first kappa shape index (κ1) is 23.2. The molecule has 9 heteroatoms. The number of anilines is 3. The molecule has 0 saturated carbocycles. The van der Waals surface area contributed by atoms with E-state index in [0.29, 0.717) is 40.1 Å². The predicted molar refractivity (Wildman–Crippen MR) is 126 cm³/mol. The van der Waals surface area contributed by atoms with Crippen molar-refractivity contribution in [1.29, 1.82) is 0 Å². The summed E-state index contributed by atoms with van der Waals surface area (Å²) in [6.07, 6.45) is 2.91. The van der Waals surface area contributed by atoms with Crippen LogP contribution in [0.15, 0.2) is 36.4 Å². The summed E-state index contributed by atoms with van der Waals surface area (Å²) in [5, 5.41) is 9.00. The second kappa shape index (κ2) is 11.2. The number of methoxy groups -OCH3 is 1. The van der Waals surface area contributed by atoms with E-state index in [0.717, 1.165) is 38.0 Å². The van der Waals surface area contributed by atoms with Crippen molar-refractivity contribution in [3.63, 3.8) is 0 Å². The van der Waals surface area contributed by atoms with Crippen molar-refractivity contribution in [3.8, 4) is 0 Å². The van der Waals surface area contributed by atoms with Gasteiger partial charge in [-0.1, -0.05) is 29.3 Å². The standard InChI is InChI=1S/C22H26Cl2N4O3/c1-31-13-5-10-25-21(29)16-14-15(8-9-19(16)28-11-2-3-12-28)26-22(30)27-20-17(23)6-4-7-18(20)24/h4,6-9,14H,2-3,5,10-13H2,1H3,(H,25,29)(H2,26,27,30). The molecule has 7 nitrogen and oxygen atoms in total. The fourth-order valence-corrected chi connectivity index (χ4v) is 3.93. The predicted octanol–water partition coefficient (Wildman–Crippen LogP) is 5.00. The van der Waals surface area contributed by atoms with Crippen molar-refractivity contribution in [2.24, 2.45) is 0 Å². The van der Waals surface area contributed by atoms with Gasteiger partial charge in [-0.15, -0.1) is 0 Å². The van der Waals surface area contributed by atoms with Crippen LogP contribution < -0.4 is 20.9 Å². The number of benzene rings is 2. The number of carbonyl (C=O) groups is 2. The third kappa shape index (κ3) is 6.26. The summed E-state index contributed by atoms with van der Waals surface area (Å²) in [6.45, 7) is 2.89. The highest BCUT2D eigenvalue weighted by atomic mass is 35.5. The zero-order valence-electron chi connectivity index (χ0n) is 17.3. The molecular weight excluding hydrogens is 439 g/mol. The topological polar surface area (TPSA) is 82.7 Å². The molecule has 0 aliphatic carbocycles. The van der Waals surface area contributed by atoms with E-state index in [1.807, 2.05) is 6.07 Å². The second-order valence-electron chi connectivity index (χ2n) is 7.20. The summed E-state index contributed by atoms with van der Waals surface area (Å²) >= 11 is 12.2. The van der Waals surface area contributed by atoms with Crippen molar-refractivity contribution >= 4 is 52.2 Å². The Bertz CT molecular complexity index is 913. The number of hydrogen-bond donors (Lipinski definition) is 3. The second-order valence-corrected chi connectivity index (χ2v) is 8.02. The monoisotopic (exact) mass is 464 g/mol. The van der Waals surface area contributed by atoms with Crippen LogP contribution in [0.25, 0.3) is 0 Å². The number of halogens is 2. The Morgan fingerprint density at radius 3 is 2.45 bits per heavy atom. The van der Waals surface area contributed by atoms with E-state index < -0.39 is 6.03 Å². The molecule has 3 N–H and O–H groups in total. The van der Waals surface area contributed by atoms with E-state index in [9.17, 15) is 9.59 Å². The van der Waals surface area contributed by atoms with Crippen LogP contribution in [0.5, 0.6) is 0 Å². The van der Waals surface area contributed by atoms with Crippen molar-refractivity contribution < 1.29 is 14.3 Å². The number of carbonyl (C=O) groups excluding carboxylic acids is 2. The molecule has 166 valence electrons. The molecule has 31 heavy (non-hydrogen) atoms. The Morgan fingerprint density at radius 1 is 1.06 bits per heavy atom. The smallest absolute Gasteiger partial charge is 0.323 e. The molecule has 1 heterocycles. The van der Waals surface area contributed by atoms with Crippen molar-refractivity contribution in [3.05, 3.63) is 52.0 Å². The number of nitrogens with zero attached hydrogens (tertiary/aromatic N) is 1. The van der Waals surface area contributed by atoms with Gasteiger partial charge in [0.2, 0.25) is 0 Å². The van der Waals surface area contributed by atoms with Gasteiger partial charge in [0.25, 0.3) is 5.91 Å². The first-order valence-electron chi connectivity index (χ1n) is 10.2. The highest BCUT2D eigenvalue weighted by Gasteiger charge is 2.20. The molecule has 0 atom stereocenters. The molecule has 1 aliphatic rings. The van der Waals surface area contributed by atoms with Gasteiger partial charge in [-0.2, -0.15) is 0 Å². The number of hydrogen-bond acceptors (Lipinski definition) is 4. The molecule has 0 aromatic heterocycles. The molecule has 0 bridgehead atoms. The summed E-state index contributed by atoms with van der Waals surface area (Å²) in [7, 11) is 1.63. The molecule has 1 fully saturated rings. The molecule has 0 spiro atoms. The van der Waals surface area contributed by atoms with Gasteiger partial charge in [0, 0.05) is 44.7 Å². The lowest BCUT2D eigenvalue weighted by molar-refractivity contribution is 0.0949. The average molecular weight is 465 g/mol.